The number of benzene rings is 2. The maximum absolute atomic E-state index is 13.8. The molecule has 0 amide bonds. The molecule has 0 saturated heterocycles. The summed E-state index contributed by atoms with van der Waals surface area (Å²) >= 11 is 0. The van der Waals surface area contributed by atoms with Crippen LogP contribution in [0, 0.1) is 6.92 Å². The van der Waals surface area contributed by atoms with Gasteiger partial charge in [-0.2, -0.15) is 0 Å². The first-order chi connectivity index (χ1) is 20.2. The van der Waals surface area contributed by atoms with Gasteiger partial charge in [0.2, 0.25) is 0 Å². The van der Waals surface area contributed by atoms with Gasteiger partial charge in [0.15, 0.2) is 0 Å². The number of rotatable bonds is 19. The molecule has 0 fully saturated rings. The second kappa shape index (κ2) is 18.3. The molecule has 0 bridgehead atoms. The fourth-order valence-electron chi connectivity index (χ4n) is 3.89. The average Bonchev–Trinajstić information content (AvgIpc) is 2.99. The second-order valence-electron chi connectivity index (χ2n) is 9.32. The molecule has 0 atom stereocenters. The van der Waals surface area contributed by atoms with Crippen LogP contribution in [-0.2, 0) is 25.5 Å². The van der Waals surface area contributed by atoms with Crippen molar-refractivity contribution >= 4 is 11.9 Å². The lowest BCUT2D eigenvalue weighted by Gasteiger charge is -2.17. The zero-order valence-corrected chi connectivity index (χ0v) is 24.0. The summed E-state index contributed by atoms with van der Waals surface area (Å²) in [6.45, 7) is 11.6. The SMILES string of the molecule is C=CC/C(F)=C\CCCc1c(C)cc(OCCOC(=O)C(=C)CO)cc1-c1cccc(OCCOC(=O)C(=C)CO)c1. The Morgan fingerprint density at radius 2 is 1.52 bits per heavy atom. The van der Waals surface area contributed by atoms with E-state index in [4.69, 9.17) is 29.2 Å². The summed E-state index contributed by atoms with van der Waals surface area (Å²) in [5, 5.41) is 18.0. The minimum absolute atomic E-state index is 0.0120. The van der Waals surface area contributed by atoms with E-state index < -0.39 is 25.2 Å². The highest BCUT2D eigenvalue weighted by Crippen LogP contribution is 2.34. The second-order valence-corrected chi connectivity index (χ2v) is 9.32. The van der Waals surface area contributed by atoms with Crippen LogP contribution in [0.5, 0.6) is 11.5 Å². The molecule has 0 radical (unpaired) electrons. The Kier molecular flexibility index (Phi) is 14.8. The Hall–Kier alpha value is -4.21. The molecule has 226 valence electrons. The number of carbonyl (C=O) groups is 2. The lowest BCUT2D eigenvalue weighted by atomic mass is 9.92. The zero-order chi connectivity index (χ0) is 30.9. The van der Waals surface area contributed by atoms with E-state index in [0.717, 1.165) is 28.7 Å². The van der Waals surface area contributed by atoms with Gasteiger partial charge in [-0.1, -0.05) is 37.4 Å². The molecule has 0 saturated carbocycles. The molecule has 0 aliphatic heterocycles. The van der Waals surface area contributed by atoms with Crippen LogP contribution >= 0.6 is 0 Å². The van der Waals surface area contributed by atoms with E-state index in [0.29, 0.717) is 24.3 Å². The number of ether oxygens (including phenoxy) is 4. The van der Waals surface area contributed by atoms with Gasteiger partial charge >= 0.3 is 11.9 Å². The molecule has 0 spiro atoms. The van der Waals surface area contributed by atoms with Gasteiger partial charge in [0.25, 0.3) is 0 Å². The van der Waals surface area contributed by atoms with Crippen molar-refractivity contribution in [2.24, 2.45) is 0 Å². The van der Waals surface area contributed by atoms with E-state index in [9.17, 15) is 14.0 Å². The summed E-state index contributed by atoms with van der Waals surface area (Å²) in [5.41, 5.74) is 3.75. The standard InChI is InChI=1S/C33H39FO8/c1-5-9-27(34)11-6-7-13-30-23(2)18-29(40-15-17-42-33(38)25(4)22-36)20-31(30)26-10-8-12-28(19-26)39-14-16-41-32(37)24(3)21-35/h5,8,10-12,18-20,35-36H,1,3-4,6-7,9,13-17,21-22H2,2H3/b27-11+. The van der Waals surface area contributed by atoms with Crippen LogP contribution in [0.3, 0.4) is 0 Å². The fourth-order valence-corrected chi connectivity index (χ4v) is 3.89. The van der Waals surface area contributed by atoms with Crippen molar-refractivity contribution in [2.75, 3.05) is 39.6 Å². The van der Waals surface area contributed by atoms with E-state index in [-0.39, 0.29) is 49.8 Å². The number of aliphatic hydroxyl groups excluding tert-OH is 2. The van der Waals surface area contributed by atoms with Crippen molar-refractivity contribution in [1.29, 1.82) is 0 Å². The van der Waals surface area contributed by atoms with E-state index >= 15 is 0 Å². The molecule has 42 heavy (non-hydrogen) atoms. The third-order valence-corrected chi connectivity index (χ3v) is 6.06. The smallest absolute Gasteiger partial charge is 0.335 e. The number of halogens is 1. The number of allylic oxidation sites excluding steroid dienone is 3. The molecule has 8 nitrogen and oxygen atoms in total. The fraction of sp³-hybridized carbons (Fsp3) is 0.333. The molecule has 2 aromatic rings. The molecular formula is C33H39FO8. The molecule has 2 N–H and O–H groups in total. The van der Waals surface area contributed by atoms with E-state index in [2.05, 4.69) is 19.7 Å². The van der Waals surface area contributed by atoms with Gasteiger partial charge in [-0.05, 0) is 72.7 Å². The Bertz CT molecular complexity index is 1280. The third kappa shape index (κ3) is 11.3. The molecule has 2 rings (SSSR count). The van der Waals surface area contributed by atoms with Gasteiger partial charge in [0.1, 0.15) is 37.9 Å². The van der Waals surface area contributed by atoms with Crippen molar-refractivity contribution in [3.63, 3.8) is 0 Å². The number of unbranched alkanes of at least 4 members (excludes halogenated alkanes) is 1. The van der Waals surface area contributed by atoms with Gasteiger partial charge in [0.05, 0.1) is 30.2 Å². The van der Waals surface area contributed by atoms with Crippen molar-refractivity contribution in [2.45, 2.75) is 32.6 Å². The first-order valence-corrected chi connectivity index (χ1v) is 13.6. The number of carbonyl (C=O) groups excluding carboxylic acids is 2. The third-order valence-electron chi connectivity index (χ3n) is 6.06. The molecule has 9 heteroatoms. The van der Waals surface area contributed by atoms with Crippen LogP contribution in [-0.4, -0.2) is 61.8 Å². The number of aliphatic hydroxyl groups is 2. The molecule has 0 aromatic heterocycles. The highest BCUT2D eigenvalue weighted by Gasteiger charge is 2.14. The molecular weight excluding hydrogens is 543 g/mol. The summed E-state index contributed by atoms with van der Waals surface area (Å²) in [5.74, 6) is -0.437. The number of esters is 2. The van der Waals surface area contributed by atoms with Crippen LogP contribution in [0.15, 0.2) is 85.3 Å². The highest BCUT2D eigenvalue weighted by atomic mass is 19.1. The normalized spacial score (nSPS) is 11.0. The van der Waals surface area contributed by atoms with E-state index in [1.807, 2.05) is 37.3 Å². The molecule has 0 aliphatic rings. The van der Waals surface area contributed by atoms with Crippen LogP contribution < -0.4 is 9.47 Å². The Morgan fingerprint density at radius 3 is 2.12 bits per heavy atom. The number of hydrogen-bond acceptors (Lipinski definition) is 8. The quantitative estimate of drug-likeness (QED) is 0.0987. The van der Waals surface area contributed by atoms with Crippen LogP contribution in [0.1, 0.15) is 30.4 Å². The minimum atomic E-state index is -0.684. The first kappa shape index (κ1) is 34.0. The summed E-state index contributed by atoms with van der Waals surface area (Å²) in [4.78, 5) is 23.4. The highest BCUT2D eigenvalue weighted by molar-refractivity contribution is 5.88. The predicted molar refractivity (Wildman–Crippen MR) is 159 cm³/mol. The maximum Gasteiger partial charge on any atom is 0.335 e. The Labute approximate surface area is 246 Å². The Balaban J connectivity index is 2.21. The van der Waals surface area contributed by atoms with Crippen molar-refractivity contribution in [3.8, 4) is 22.6 Å². The van der Waals surface area contributed by atoms with Crippen molar-refractivity contribution in [1.82, 2.24) is 0 Å². The van der Waals surface area contributed by atoms with Gasteiger partial charge < -0.3 is 29.2 Å². The van der Waals surface area contributed by atoms with Gasteiger partial charge in [-0.25, -0.2) is 14.0 Å². The zero-order valence-electron chi connectivity index (χ0n) is 24.0. The average molecular weight is 583 g/mol. The Morgan fingerprint density at radius 1 is 0.905 bits per heavy atom. The van der Waals surface area contributed by atoms with Crippen LogP contribution in [0.4, 0.5) is 4.39 Å². The largest absolute Gasteiger partial charge is 0.490 e. The summed E-state index contributed by atoms with van der Waals surface area (Å²) in [7, 11) is 0. The molecule has 2 aromatic carbocycles. The molecule has 0 unspecified atom stereocenters. The maximum atomic E-state index is 13.8. The summed E-state index contributed by atoms with van der Waals surface area (Å²) in [6.07, 6.45) is 5.31. The van der Waals surface area contributed by atoms with E-state index in [1.165, 1.54) is 6.08 Å². The number of hydrogen-bond donors (Lipinski definition) is 2. The summed E-state index contributed by atoms with van der Waals surface area (Å²) in [6, 6.07) is 11.2. The van der Waals surface area contributed by atoms with Crippen molar-refractivity contribution < 1.29 is 43.1 Å². The lowest BCUT2D eigenvalue weighted by molar-refractivity contribution is -0.141. The first-order valence-electron chi connectivity index (χ1n) is 13.6. The van der Waals surface area contributed by atoms with Crippen LogP contribution in [0.2, 0.25) is 0 Å². The molecule has 0 aliphatic carbocycles. The molecule has 0 heterocycles. The summed E-state index contributed by atoms with van der Waals surface area (Å²) < 4.78 is 35.5. The van der Waals surface area contributed by atoms with Crippen LogP contribution in [0.25, 0.3) is 11.1 Å². The van der Waals surface area contributed by atoms with Gasteiger partial charge in [-0.15, -0.1) is 6.58 Å². The monoisotopic (exact) mass is 582 g/mol. The number of aryl methyl sites for hydroxylation is 1. The van der Waals surface area contributed by atoms with Crippen molar-refractivity contribution in [3.05, 3.63) is 96.4 Å². The topological polar surface area (TPSA) is 112 Å². The van der Waals surface area contributed by atoms with Gasteiger partial charge in [0, 0.05) is 6.42 Å². The van der Waals surface area contributed by atoms with E-state index in [1.54, 1.807) is 12.1 Å². The lowest BCUT2D eigenvalue weighted by Crippen LogP contribution is -2.15. The minimum Gasteiger partial charge on any atom is -0.490 e. The predicted octanol–water partition coefficient (Wildman–Crippen LogP) is 5.36. The van der Waals surface area contributed by atoms with Gasteiger partial charge in [-0.3, -0.25) is 0 Å².